The van der Waals surface area contributed by atoms with Gasteiger partial charge in [0.15, 0.2) is 0 Å². The van der Waals surface area contributed by atoms with Crippen LogP contribution in [-0.4, -0.2) is 27.2 Å². The molecule has 22 heavy (non-hydrogen) atoms. The van der Waals surface area contributed by atoms with Crippen molar-refractivity contribution in [2.24, 2.45) is 0 Å². The third kappa shape index (κ3) is 3.35. The minimum atomic E-state index is -0.0318. The smallest absolute Gasteiger partial charge is 0.251 e. The van der Waals surface area contributed by atoms with Gasteiger partial charge in [-0.15, -0.1) is 10.2 Å². The molecule has 0 radical (unpaired) electrons. The van der Waals surface area contributed by atoms with E-state index in [9.17, 15) is 4.79 Å². The van der Waals surface area contributed by atoms with Gasteiger partial charge in [0.05, 0.1) is 0 Å². The van der Waals surface area contributed by atoms with E-state index < -0.39 is 0 Å². The van der Waals surface area contributed by atoms with E-state index in [1.54, 1.807) is 0 Å². The summed E-state index contributed by atoms with van der Waals surface area (Å²) in [5.41, 5.74) is 1.85. The minimum Gasteiger partial charge on any atom is -0.352 e. The fourth-order valence-corrected chi connectivity index (χ4v) is 2.83. The number of hydrogen-bond donors (Lipinski definition) is 1. The second-order valence-corrected chi connectivity index (χ2v) is 5.87. The quantitative estimate of drug-likeness (QED) is 0.942. The predicted molar refractivity (Wildman–Crippen MR) is 84.8 cm³/mol. The summed E-state index contributed by atoms with van der Waals surface area (Å²) in [4.78, 5) is 12.1. The Morgan fingerprint density at radius 3 is 2.82 bits per heavy atom. The molecule has 1 N–H and O–H groups in total. The molecule has 0 aliphatic carbocycles. The van der Waals surface area contributed by atoms with Gasteiger partial charge in [0.2, 0.25) is 0 Å². The van der Waals surface area contributed by atoms with E-state index in [1.807, 2.05) is 31.2 Å². The molecule has 3 rings (SSSR count). The molecule has 116 valence electrons. The molecule has 5 heteroatoms. The van der Waals surface area contributed by atoms with Gasteiger partial charge in [-0.3, -0.25) is 4.79 Å². The number of nitrogens with one attached hydrogen (secondary N) is 1. The van der Waals surface area contributed by atoms with Gasteiger partial charge in [0.25, 0.3) is 5.91 Å². The number of aryl methyl sites for hydroxylation is 2. The van der Waals surface area contributed by atoms with E-state index in [0.717, 1.165) is 36.6 Å². The van der Waals surface area contributed by atoms with Gasteiger partial charge in [0, 0.05) is 31.5 Å². The van der Waals surface area contributed by atoms with Gasteiger partial charge in [0.1, 0.15) is 11.6 Å². The largest absolute Gasteiger partial charge is 0.352 e. The first-order chi connectivity index (χ1) is 10.7. The Morgan fingerprint density at radius 2 is 2.00 bits per heavy atom. The lowest BCUT2D eigenvalue weighted by atomic mass is 10.1. The predicted octanol–water partition coefficient (Wildman–Crippen LogP) is 2.29. The van der Waals surface area contributed by atoms with Gasteiger partial charge >= 0.3 is 0 Å². The van der Waals surface area contributed by atoms with Crippen molar-refractivity contribution in [3.8, 4) is 0 Å². The number of hydrogen-bond acceptors (Lipinski definition) is 3. The maximum atomic E-state index is 12.1. The molecule has 0 saturated carbocycles. The fourth-order valence-electron chi connectivity index (χ4n) is 2.83. The number of nitrogens with zero attached hydrogens (tertiary/aromatic N) is 3. The van der Waals surface area contributed by atoms with Crippen LogP contribution in [0.25, 0.3) is 0 Å². The molecule has 2 heterocycles. The van der Waals surface area contributed by atoms with E-state index in [4.69, 9.17) is 0 Å². The highest BCUT2D eigenvalue weighted by molar-refractivity contribution is 5.94. The average molecular weight is 298 g/mol. The van der Waals surface area contributed by atoms with Crippen LogP contribution >= 0.6 is 0 Å². The molecule has 0 spiro atoms. The van der Waals surface area contributed by atoms with Crippen molar-refractivity contribution in [1.29, 1.82) is 0 Å². The summed E-state index contributed by atoms with van der Waals surface area (Å²) < 4.78 is 2.23. The van der Waals surface area contributed by atoms with Crippen LogP contribution in [-0.2, 0) is 19.4 Å². The highest BCUT2D eigenvalue weighted by Gasteiger charge is 2.14. The molecule has 1 aromatic heterocycles. The van der Waals surface area contributed by atoms with E-state index in [1.165, 1.54) is 19.3 Å². The molecule has 1 aliphatic heterocycles. The van der Waals surface area contributed by atoms with Crippen LogP contribution < -0.4 is 5.32 Å². The molecule has 1 amide bonds. The Bertz CT molecular complexity index is 645. The first kappa shape index (κ1) is 14.8. The summed E-state index contributed by atoms with van der Waals surface area (Å²) in [6, 6.07) is 7.61. The SMILES string of the molecule is Cc1ccc(C(=O)NCCc2nnc3n2CCCCC3)cc1. The first-order valence-corrected chi connectivity index (χ1v) is 8.00. The Hall–Kier alpha value is -2.17. The van der Waals surface area contributed by atoms with Gasteiger partial charge in [-0.25, -0.2) is 0 Å². The monoisotopic (exact) mass is 298 g/mol. The topological polar surface area (TPSA) is 59.8 Å². The summed E-state index contributed by atoms with van der Waals surface area (Å²) in [6.07, 6.45) is 5.39. The number of amides is 1. The zero-order chi connectivity index (χ0) is 15.4. The molecular formula is C17H22N4O. The zero-order valence-corrected chi connectivity index (χ0v) is 13.0. The van der Waals surface area contributed by atoms with E-state index in [2.05, 4.69) is 20.1 Å². The van der Waals surface area contributed by atoms with Gasteiger partial charge < -0.3 is 9.88 Å². The molecule has 1 aromatic carbocycles. The standard InChI is InChI=1S/C17H22N4O/c1-13-6-8-14(9-7-13)17(22)18-11-10-16-20-19-15-5-3-2-4-12-21(15)16/h6-9H,2-5,10-12H2,1H3,(H,18,22). The second-order valence-electron chi connectivity index (χ2n) is 5.87. The molecule has 0 saturated heterocycles. The van der Waals surface area contributed by atoms with Crippen LogP contribution in [0.5, 0.6) is 0 Å². The van der Waals surface area contributed by atoms with Gasteiger partial charge in [-0.1, -0.05) is 24.1 Å². The summed E-state index contributed by atoms with van der Waals surface area (Å²) in [5, 5.41) is 11.5. The van der Waals surface area contributed by atoms with E-state index in [0.29, 0.717) is 12.1 Å². The lowest BCUT2D eigenvalue weighted by Crippen LogP contribution is -2.26. The summed E-state index contributed by atoms with van der Waals surface area (Å²) in [6.45, 7) is 3.60. The van der Waals surface area contributed by atoms with Crippen LogP contribution in [0.15, 0.2) is 24.3 Å². The van der Waals surface area contributed by atoms with Crippen molar-refractivity contribution in [1.82, 2.24) is 20.1 Å². The molecule has 0 unspecified atom stereocenters. The Kier molecular flexibility index (Phi) is 4.51. The zero-order valence-electron chi connectivity index (χ0n) is 13.0. The van der Waals surface area contributed by atoms with Crippen molar-refractivity contribution in [2.75, 3.05) is 6.54 Å². The lowest BCUT2D eigenvalue weighted by Gasteiger charge is -2.08. The summed E-state index contributed by atoms with van der Waals surface area (Å²) in [7, 11) is 0. The van der Waals surface area contributed by atoms with Gasteiger partial charge in [-0.2, -0.15) is 0 Å². The van der Waals surface area contributed by atoms with Crippen LogP contribution in [0.1, 0.15) is 46.8 Å². The first-order valence-electron chi connectivity index (χ1n) is 8.00. The molecule has 1 aliphatic rings. The van der Waals surface area contributed by atoms with Crippen molar-refractivity contribution in [3.63, 3.8) is 0 Å². The van der Waals surface area contributed by atoms with Crippen molar-refractivity contribution in [2.45, 2.75) is 45.6 Å². The number of fused-ring (bicyclic) bond motifs is 1. The Labute approximate surface area is 130 Å². The molecule has 5 nitrogen and oxygen atoms in total. The third-order valence-corrected chi connectivity index (χ3v) is 4.13. The van der Waals surface area contributed by atoms with E-state index in [-0.39, 0.29) is 5.91 Å². The summed E-state index contributed by atoms with van der Waals surface area (Å²) >= 11 is 0. The number of carbonyl (C=O) groups excluding carboxylic acids is 1. The highest BCUT2D eigenvalue weighted by atomic mass is 16.1. The lowest BCUT2D eigenvalue weighted by molar-refractivity contribution is 0.0954. The van der Waals surface area contributed by atoms with Crippen LogP contribution in [0, 0.1) is 6.92 Å². The van der Waals surface area contributed by atoms with Crippen molar-refractivity contribution < 1.29 is 4.79 Å². The molecular weight excluding hydrogens is 276 g/mol. The fraction of sp³-hybridized carbons (Fsp3) is 0.471. The molecule has 0 bridgehead atoms. The number of rotatable bonds is 4. The van der Waals surface area contributed by atoms with Crippen molar-refractivity contribution in [3.05, 3.63) is 47.0 Å². The second kappa shape index (κ2) is 6.73. The van der Waals surface area contributed by atoms with Gasteiger partial charge in [-0.05, 0) is 31.9 Å². The van der Waals surface area contributed by atoms with Crippen LogP contribution in [0.2, 0.25) is 0 Å². The maximum Gasteiger partial charge on any atom is 0.251 e. The number of benzene rings is 1. The Morgan fingerprint density at radius 1 is 1.18 bits per heavy atom. The van der Waals surface area contributed by atoms with E-state index >= 15 is 0 Å². The molecule has 0 fully saturated rings. The normalized spacial score (nSPS) is 14.2. The number of carbonyl (C=O) groups is 1. The molecule has 0 atom stereocenters. The van der Waals surface area contributed by atoms with Crippen LogP contribution in [0.3, 0.4) is 0 Å². The third-order valence-electron chi connectivity index (χ3n) is 4.13. The van der Waals surface area contributed by atoms with Crippen molar-refractivity contribution >= 4 is 5.91 Å². The van der Waals surface area contributed by atoms with Crippen LogP contribution in [0.4, 0.5) is 0 Å². The average Bonchev–Trinajstić information content (AvgIpc) is 2.76. The molecule has 2 aromatic rings. The maximum absolute atomic E-state index is 12.1. The highest BCUT2D eigenvalue weighted by Crippen LogP contribution is 2.14. The minimum absolute atomic E-state index is 0.0318. The Balaban J connectivity index is 1.56. The summed E-state index contributed by atoms with van der Waals surface area (Å²) in [5.74, 6) is 2.05. The number of aromatic nitrogens is 3.